The molecule has 17 heavy (non-hydrogen) atoms. The van der Waals surface area contributed by atoms with E-state index in [-0.39, 0.29) is 0 Å². The molecule has 0 spiro atoms. The highest BCUT2D eigenvalue weighted by Gasteiger charge is 2.12. The number of rotatable bonds is 6. The van der Waals surface area contributed by atoms with Crippen LogP contribution in [0.4, 0.5) is 11.6 Å². The number of aromatic nitrogens is 1. The Morgan fingerprint density at radius 1 is 1.29 bits per heavy atom. The standard InChI is InChI=1S/C14H25N3/c1-6-15-13-8-7-9-14(16-13)17(5)12(4)10-11(2)3/h7-9,11-12H,6,10H2,1-5H3,(H,15,16). The van der Waals surface area contributed by atoms with E-state index < -0.39 is 0 Å². The average Bonchev–Trinajstić information content (AvgIpc) is 2.28. The first kappa shape index (κ1) is 13.8. The first-order chi connectivity index (χ1) is 8.04. The molecule has 0 saturated heterocycles. The van der Waals surface area contributed by atoms with Crippen molar-refractivity contribution in [2.45, 2.75) is 40.2 Å². The Bertz CT molecular complexity index is 336. The van der Waals surface area contributed by atoms with Gasteiger partial charge in [0.05, 0.1) is 0 Å². The minimum absolute atomic E-state index is 0.513. The van der Waals surface area contributed by atoms with Crippen LogP contribution in [0.2, 0.25) is 0 Å². The van der Waals surface area contributed by atoms with Crippen molar-refractivity contribution >= 4 is 11.6 Å². The first-order valence-corrected chi connectivity index (χ1v) is 6.48. The summed E-state index contributed by atoms with van der Waals surface area (Å²) in [5.41, 5.74) is 0. The van der Waals surface area contributed by atoms with E-state index in [0.29, 0.717) is 12.0 Å². The van der Waals surface area contributed by atoms with E-state index in [1.807, 2.05) is 6.07 Å². The molecule has 0 aliphatic carbocycles. The highest BCUT2D eigenvalue weighted by Crippen LogP contribution is 2.18. The van der Waals surface area contributed by atoms with Crippen LogP contribution in [0.3, 0.4) is 0 Å². The molecule has 0 amide bonds. The largest absolute Gasteiger partial charge is 0.370 e. The van der Waals surface area contributed by atoms with E-state index in [9.17, 15) is 0 Å². The van der Waals surface area contributed by atoms with Gasteiger partial charge in [0.2, 0.25) is 0 Å². The molecule has 96 valence electrons. The molecule has 0 aromatic carbocycles. The molecular weight excluding hydrogens is 210 g/mol. The summed E-state index contributed by atoms with van der Waals surface area (Å²) in [5, 5.41) is 3.24. The second-order valence-electron chi connectivity index (χ2n) is 5.00. The van der Waals surface area contributed by atoms with Crippen molar-refractivity contribution in [3.05, 3.63) is 18.2 Å². The molecule has 1 aromatic heterocycles. The number of nitrogens with one attached hydrogen (secondary N) is 1. The molecule has 0 radical (unpaired) electrons. The second kappa shape index (κ2) is 6.48. The molecule has 0 aliphatic rings. The van der Waals surface area contributed by atoms with Gasteiger partial charge in [0, 0.05) is 19.6 Å². The zero-order valence-corrected chi connectivity index (χ0v) is 11.7. The van der Waals surface area contributed by atoms with E-state index in [0.717, 1.165) is 18.2 Å². The molecule has 0 aliphatic heterocycles. The Morgan fingerprint density at radius 2 is 2.00 bits per heavy atom. The van der Waals surface area contributed by atoms with Gasteiger partial charge in [-0.3, -0.25) is 0 Å². The average molecular weight is 235 g/mol. The fourth-order valence-electron chi connectivity index (χ4n) is 1.97. The Kier molecular flexibility index (Phi) is 5.26. The molecule has 3 heteroatoms. The highest BCUT2D eigenvalue weighted by molar-refractivity contribution is 5.47. The highest BCUT2D eigenvalue weighted by atomic mass is 15.2. The molecule has 0 saturated carbocycles. The maximum atomic E-state index is 4.61. The quantitative estimate of drug-likeness (QED) is 0.819. The van der Waals surface area contributed by atoms with E-state index in [1.165, 1.54) is 6.42 Å². The number of hydrogen-bond acceptors (Lipinski definition) is 3. The third kappa shape index (κ3) is 4.25. The summed E-state index contributed by atoms with van der Waals surface area (Å²) in [5.74, 6) is 2.70. The van der Waals surface area contributed by atoms with Crippen LogP contribution in [0, 0.1) is 5.92 Å². The summed E-state index contributed by atoms with van der Waals surface area (Å²) in [6.45, 7) is 9.75. The van der Waals surface area contributed by atoms with Crippen LogP contribution in [-0.2, 0) is 0 Å². The van der Waals surface area contributed by atoms with Gasteiger partial charge in [-0.25, -0.2) is 4.98 Å². The fourth-order valence-corrected chi connectivity index (χ4v) is 1.97. The zero-order chi connectivity index (χ0) is 12.8. The Labute approximate surface area is 105 Å². The van der Waals surface area contributed by atoms with Crippen molar-refractivity contribution in [1.82, 2.24) is 4.98 Å². The summed E-state index contributed by atoms with van der Waals surface area (Å²) in [7, 11) is 2.12. The maximum absolute atomic E-state index is 4.61. The van der Waals surface area contributed by atoms with E-state index in [1.54, 1.807) is 0 Å². The lowest BCUT2D eigenvalue weighted by Gasteiger charge is -2.27. The van der Waals surface area contributed by atoms with Crippen molar-refractivity contribution < 1.29 is 0 Å². The number of hydrogen-bond donors (Lipinski definition) is 1. The van der Waals surface area contributed by atoms with Crippen molar-refractivity contribution in [2.75, 3.05) is 23.8 Å². The van der Waals surface area contributed by atoms with Crippen molar-refractivity contribution in [3.8, 4) is 0 Å². The molecule has 0 fully saturated rings. The summed E-state index contributed by atoms with van der Waals surface area (Å²) in [6.07, 6.45) is 1.18. The third-order valence-corrected chi connectivity index (χ3v) is 2.93. The van der Waals surface area contributed by atoms with Crippen LogP contribution < -0.4 is 10.2 Å². The van der Waals surface area contributed by atoms with Crippen molar-refractivity contribution in [3.63, 3.8) is 0 Å². The molecule has 1 unspecified atom stereocenters. The monoisotopic (exact) mass is 235 g/mol. The molecule has 1 atom stereocenters. The number of anilines is 2. The molecule has 3 nitrogen and oxygen atoms in total. The van der Waals surface area contributed by atoms with Crippen molar-refractivity contribution in [1.29, 1.82) is 0 Å². The number of nitrogens with zero attached hydrogens (tertiary/aromatic N) is 2. The Hall–Kier alpha value is -1.25. The van der Waals surface area contributed by atoms with Crippen molar-refractivity contribution in [2.24, 2.45) is 5.92 Å². The van der Waals surface area contributed by atoms with Crippen LogP contribution in [0.25, 0.3) is 0 Å². The van der Waals surface area contributed by atoms with E-state index >= 15 is 0 Å². The minimum Gasteiger partial charge on any atom is -0.370 e. The molecule has 1 heterocycles. The predicted molar refractivity (Wildman–Crippen MR) is 75.7 cm³/mol. The normalized spacial score (nSPS) is 12.6. The Morgan fingerprint density at radius 3 is 2.59 bits per heavy atom. The van der Waals surface area contributed by atoms with Crippen LogP contribution in [0.1, 0.15) is 34.1 Å². The third-order valence-electron chi connectivity index (χ3n) is 2.93. The lowest BCUT2D eigenvalue weighted by molar-refractivity contribution is 0.502. The predicted octanol–water partition coefficient (Wildman–Crippen LogP) is 3.38. The van der Waals surface area contributed by atoms with Gasteiger partial charge >= 0.3 is 0 Å². The maximum Gasteiger partial charge on any atom is 0.130 e. The molecule has 1 N–H and O–H groups in total. The number of pyridine rings is 1. The van der Waals surface area contributed by atoms with Gasteiger partial charge < -0.3 is 10.2 Å². The summed E-state index contributed by atoms with van der Waals surface area (Å²) < 4.78 is 0. The van der Waals surface area contributed by atoms with E-state index in [2.05, 4.69) is 62.1 Å². The lowest BCUT2D eigenvalue weighted by atomic mass is 10.0. The topological polar surface area (TPSA) is 28.2 Å². The van der Waals surface area contributed by atoms with Crippen LogP contribution in [0.5, 0.6) is 0 Å². The minimum atomic E-state index is 0.513. The second-order valence-corrected chi connectivity index (χ2v) is 5.00. The first-order valence-electron chi connectivity index (χ1n) is 6.48. The molecular formula is C14H25N3. The van der Waals surface area contributed by atoms with Crippen LogP contribution >= 0.6 is 0 Å². The van der Waals surface area contributed by atoms with Gasteiger partial charge in [0.1, 0.15) is 11.6 Å². The summed E-state index contributed by atoms with van der Waals surface area (Å²) in [4.78, 5) is 6.86. The summed E-state index contributed by atoms with van der Waals surface area (Å²) >= 11 is 0. The van der Waals surface area contributed by atoms with Gasteiger partial charge in [-0.05, 0) is 38.3 Å². The summed E-state index contributed by atoms with van der Waals surface area (Å²) in [6, 6.07) is 6.64. The smallest absolute Gasteiger partial charge is 0.130 e. The van der Waals surface area contributed by atoms with E-state index in [4.69, 9.17) is 0 Å². The molecule has 1 rings (SSSR count). The zero-order valence-electron chi connectivity index (χ0n) is 11.7. The molecule has 1 aromatic rings. The van der Waals surface area contributed by atoms with Gasteiger partial charge in [0.15, 0.2) is 0 Å². The van der Waals surface area contributed by atoms with Gasteiger partial charge in [-0.15, -0.1) is 0 Å². The SMILES string of the molecule is CCNc1cccc(N(C)C(C)CC(C)C)n1. The van der Waals surface area contributed by atoms with Gasteiger partial charge in [-0.1, -0.05) is 19.9 Å². The van der Waals surface area contributed by atoms with Crippen LogP contribution in [0.15, 0.2) is 18.2 Å². The van der Waals surface area contributed by atoms with Gasteiger partial charge in [0.25, 0.3) is 0 Å². The van der Waals surface area contributed by atoms with Gasteiger partial charge in [-0.2, -0.15) is 0 Å². The lowest BCUT2D eigenvalue weighted by Crippen LogP contribution is -2.30. The Balaban J connectivity index is 2.73. The van der Waals surface area contributed by atoms with Crippen LogP contribution in [-0.4, -0.2) is 24.6 Å². The fraction of sp³-hybridized carbons (Fsp3) is 0.643. The molecule has 0 bridgehead atoms.